The van der Waals surface area contributed by atoms with Crippen LogP contribution in [0.4, 0.5) is 0 Å². The molecule has 0 radical (unpaired) electrons. The zero-order valence-corrected chi connectivity index (χ0v) is 37.6. The van der Waals surface area contributed by atoms with Gasteiger partial charge in [-0.05, 0) is 32.6 Å². The van der Waals surface area contributed by atoms with E-state index in [0.717, 1.165) is 51.4 Å². The van der Waals surface area contributed by atoms with Crippen molar-refractivity contribution in [3.63, 3.8) is 0 Å². The van der Waals surface area contributed by atoms with Gasteiger partial charge in [0.25, 0.3) is 0 Å². The molecule has 0 saturated carbocycles. The summed E-state index contributed by atoms with van der Waals surface area (Å²) >= 11 is 1.23. The number of ether oxygens (including phenoxy) is 4. The van der Waals surface area contributed by atoms with Gasteiger partial charge in [0.1, 0.15) is 26.5 Å². The molecule has 0 rings (SSSR count). The van der Waals surface area contributed by atoms with Crippen molar-refractivity contribution in [2.75, 3.05) is 84.0 Å². The van der Waals surface area contributed by atoms with E-state index in [4.69, 9.17) is 25.5 Å². The first-order chi connectivity index (χ1) is 30.3. The number of hydrogen-bond acceptors (Lipinski definition) is 14. The number of unbranched alkanes of at least 4 members (excludes halogenated alkanes) is 11. The van der Waals surface area contributed by atoms with E-state index in [-0.39, 0.29) is 139 Å². The van der Waals surface area contributed by atoms with Crippen LogP contribution in [0.25, 0.3) is 0 Å². The molecule has 4 amide bonds. The Bertz CT molecular complexity index is 1300. The van der Waals surface area contributed by atoms with Crippen molar-refractivity contribution in [2.24, 2.45) is 5.73 Å². The van der Waals surface area contributed by atoms with Crippen LogP contribution in [-0.4, -0.2) is 153 Å². The van der Waals surface area contributed by atoms with Crippen LogP contribution in [0.3, 0.4) is 0 Å². The van der Waals surface area contributed by atoms with Crippen LogP contribution in [0, 0.1) is 0 Å². The van der Waals surface area contributed by atoms with Crippen LogP contribution in [-0.2, 0) is 57.3 Å². The second kappa shape index (κ2) is 41.3. The molecule has 0 aliphatic rings. The molecule has 0 bridgehead atoms. The number of carboxylic acids is 2. The molecular formula is C42H75N5O14S. The van der Waals surface area contributed by atoms with E-state index < -0.39 is 24.0 Å². The second-order valence-electron chi connectivity index (χ2n) is 14.8. The summed E-state index contributed by atoms with van der Waals surface area (Å²) in [7, 11) is 0. The number of hydrogen-bond donors (Lipinski definition) is 7. The number of nitrogens with one attached hydrogen (secondary N) is 4. The first kappa shape index (κ1) is 56.3. The number of nitrogens with two attached hydrogens (primary N) is 1. The maximum Gasteiger partial charge on any atom is 0.326 e. The van der Waals surface area contributed by atoms with Crippen LogP contribution in [0.1, 0.15) is 122 Å². The van der Waals surface area contributed by atoms with Crippen molar-refractivity contribution in [3.8, 4) is 0 Å². The lowest BCUT2D eigenvalue weighted by atomic mass is 10.0. The Morgan fingerprint density at radius 2 is 1.10 bits per heavy atom. The summed E-state index contributed by atoms with van der Waals surface area (Å²) < 4.78 is 28.5. The van der Waals surface area contributed by atoms with Crippen molar-refractivity contribution in [1.29, 1.82) is 0 Å². The molecule has 8 N–H and O–H groups in total. The van der Waals surface area contributed by atoms with E-state index in [1.807, 2.05) is 0 Å². The lowest BCUT2D eigenvalue weighted by molar-refractivity contribution is -0.142. The van der Waals surface area contributed by atoms with Gasteiger partial charge in [-0.3, -0.25) is 33.6 Å². The highest BCUT2D eigenvalue weighted by Gasteiger charge is 2.21. The number of Topliss-reactive ketones (excluding diaryl/α,β-unsaturated/α-hetero) is 2. The van der Waals surface area contributed by atoms with Gasteiger partial charge in [-0.25, -0.2) is 4.79 Å². The molecule has 0 unspecified atom stereocenters. The van der Waals surface area contributed by atoms with Gasteiger partial charge in [0.05, 0.1) is 44.8 Å². The minimum Gasteiger partial charge on any atom is -0.481 e. The Morgan fingerprint density at radius 1 is 0.565 bits per heavy atom. The number of carbonyl (C=O) groups excluding carboxylic acids is 6. The lowest BCUT2D eigenvalue weighted by Gasteiger charge is -2.14. The average Bonchev–Trinajstić information content (AvgIpc) is 3.24. The summed E-state index contributed by atoms with van der Waals surface area (Å²) in [4.78, 5) is 93.6. The Labute approximate surface area is 372 Å². The van der Waals surface area contributed by atoms with Gasteiger partial charge in [0.15, 0.2) is 5.78 Å². The first-order valence-corrected chi connectivity index (χ1v) is 23.1. The molecule has 0 aromatic carbocycles. The molecule has 0 fully saturated rings. The van der Waals surface area contributed by atoms with Gasteiger partial charge in [0, 0.05) is 57.7 Å². The molecule has 0 heterocycles. The number of thioether (sulfide) groups is 1. The molecule has 0 spiro atoms. The summed E-state index contributed by atoms with van der Waals surface area (Å²) in [5, 5.41) is 28.6. The third kappa shape index (κ3) is 40.4. The molecule has 2 atom stereocenters. The predicted molar refractivity (Wildman–Crippen MR) is 234 cm³/mol. The van der Waals surface area contributed by atoms with Crippen LogP contribution in [0.5, 0.6) is 0 Å². The summed E-state index contributed by atoms with van der Waals surface area (Å²) in [6.45, 7) is 3.17. The van der Waals surface area contributed by atoms with E-state index >= 15 is 0 Å². The van der Waals surface area contributed by atoms with Gasteiger partial charge >= 0.3 is 11.9 Å². The monoisotopic (exact) mass is 908 g/mol. The maximum absolute atomic E-state index is 12.3. The normalized spacial score (nSPS) is 12.2. The fourth-order valence-electron chi connectivity index (χ4n) is 5.61. The molecule has 0 aromatic heterocycles. The molecule has 62 heavy (non-hydrogen) atoms. The highest BCUT2D eigenvalue weighted by atomic mass is 32.2. The molecule has 20 heteroatoms. The van der Waals surface area contributed by atoms with Crippen LogP contribution in [0.15, 0.2) is 0 Å². The first-order valence-electron chi connectivity index (χ1n) is 22.5. The molecule has 0 aliphatic carbocycles. The van der Waals surface area contributed by atoms with E-state index in [1.54, 1.807) is 0 Å². The van der Waals surface area contributed by atoms with Gasteiger partial charge in [-0.15, -0.1) is 11.8 Å². The zero-order chi connectivity index (χ0) is 46.8. The van der Waals surface area contributed by atoms with Crippen molar-refractivity contribution in [3.05, 3.63) is 0 Å². The van der Waals surface area contributed by atoms with E-state index in [1.165, 1.54) is 37.9 Å². The maximum atomic E-state index is 12.3. The summed E-state index contributed by atoms with van der Waals surface area (Å²) in [5.74, 6) is -3.04. The number of rotatable bonds is 46. The Hall–Kier alpha value is -3.69. The van der Waals surface area contributed by atoms with Crippen molar-refractivity contribution >= 4 is 58.9 Å². The average molecular weight is 908 g/mol. The van der Waals surface area contributed by atoms with E-state index in [2.05, 4.69) is 27.0 Å². The fraction of sp³-hybridized carbons (Fsp3) is 0.810. The largest absolute Gasteiger partial charge is 0.481 e. The Balaban J connectivity index is 3.67. The SMILES string of the molecule is [3H]N[C@@H](CSCC(=O)NCCNC(=O)COCCOCCCC(=O)COCCOCCNC(=O)CC[C@H](NC(=O)CCCCCCCCCCCCCCC(=O)O)C(=O)O)C(C)=O. The van der Waals surface area contributed by atoms with Crippen LogP contribution >= 0.6 is 11.8 Å². The Morgan fingerprint density at radius 3 is 1.68 bits per heavy atom. The molecule has 0 aromatic rings. The van der Waals surface area contributed by atoms with E-state index in [9.17, 15) is 43.5 Å². The summed E-state index contributed by atoms with van der Waals surface area (Å²) in [6, 6.07) is -1.77. The third-order valence-corrected chi connectivity index (χ3v) is 10.2. The van der Waals surface area contributed by atoms with Crippen LogP contribution in [0.2, 0.25) is 1.41 Å². The number of aliphatic carboxylic acids is 2. The fourth-order valence-corrected chi connectivity index (χ4v) is 6.48. The van der Waals surface area contributed by atoms with Gasteiger partial charge in [0.2, 0.25) is 23.6 Å². The van der Waals surface area contributed by atoms with Crippen molar-refractivity contribution < 1.29 is 68.9 Å². The highest BCUT2D eigenvalue weighted by molar-refractivity contribution is 8.00. The van der Waals surface area contributed by atoms with Gasteiger partial charge in [-0.1, -0.05) is 64.2 Å². The molecule has 0 aliphatic heterocycles. The lowest BCUT2D eigenvalue weighted by Crippen LogP contribution is -2.41. The van der Waals surface area contributed by atoms with Gasteiger partial charge in [-0.2, -0.15) is 0 Å². The number of carboxylic acid groups (broad SMARTS) is 2. The standard InChI is InChI=1S/C42H75N5O14S/c1-33(48)35(43)31-62-32-40(53)45-21-20-44-39(52)30-61-28-25-58-23-14-15-34(49)29-60-27-26-59-24-22-46-37(50)19-18-36(42(56)57)47-38(51)16-12-10-8-6-4-2-3-5-7-9-11-13-17-41(54)55/h35-36H,2-32,43H2,1H3,(H,44,52)(H,45,53)(H,46,50)(H,47,51)(H,54,55)(H,56,57)/t35-,36-/m0/s1/i/hT. The quantitative estimate of drug-likeness (QED) is 0.0432. The number of amides is 4. The number of ketones is 2. The highest BCUT2D eigenvalue weighted by Crippen LogP contribution is 2.13. The smallest absolute Gasteiger partial charge is 0.326 e. The number of carbonyl (C=O) groups is 8. The minimum atomic E-state index is -1.19. The molecular weight excluding hydrogens is 831 g/mol. The predicted octanol–water partition coefficient (Wildman–Crippen LogP) is 2.30. The third-order valence-electron chi connectivity index (χ3n) is 9.17. The van der Waals surface area contributed by atoms with Crippen LogP contribution < -0.4 is 27.0 Å². The van der Waals surface area contributed by atoms with Gasteiger partial charge < -0.3 is 56.2 Å². The molecule has 0 saturated heterocycles. The minimum absolute atomic E-state index is 0.0354. The van der Waals surface area contributed by atoms with E-state index in [0.29, 0.717) is 25.2 Å². The Kier molecular flexibility index (Phi) is 37.5. The molecule has 19 nitrogen and oxygen atoms in total. The van der Waals surface area contributed by atoms with Crippen molar-refractivity contribution in [2.45, 2.75) is 135 Å². The summed E-state index contributed by atoms with van der Waals surface area (Å²) in [5.41, 5.74) is 2.15. The topological polar surface area (TPSA) is 288 Å². The zero-order valence-electron chi connectivity index (χ0n) is 37.8. The molecule has 358 valence electrons. The van der Waals surface area contributed by atoms with Crippen molar-refractivity contribution in [1.82, 2.24) is 21.3 Å². The summed E-state index contributed by atoms with van der Waals surface area (Å²) in [6.07, 6.45) is 13.4. The second-order valence-corrected chi connectivity index (χ2v) is 15.9.